The Morgan fingerprint density at radius 3 is 0.951 bits per heavy atom. The predicted octanol–water partition coefficient (Wildman–Crippen LogP) is 11.4. The summed E-state index contributed by atoms with van der Waals surface area (Å²) in [5.41, 5.74) is 5.14. The maximum Gasteiger partial charge on any atom is -0.00990 e. The van der Waals surface area contributed by atoms with Crippen molar-refractivity contribution in [2.24, 2.45) is 0 Å². The van der Waals surface area contributed by atoms with Crippen LogP contribution in [0.1, 0.15) is 0 Å². The van der Waals surface area contributed by atoms with Gasteiger partial charge < -0.3 is 0 Å². The van der Waals surface area contributed by atoms with E-state index in [0.29, 0.717) is 0 Å². The molecule has 8 rings (SSSR count). The van der Waals surface area contributed by atoms with Crippen molar-refractivity contribution < 1.29 is 0 Å². The second-order valence-corrected chi connectivity index (χ2v) is 10.2. The highest BCUT2D eigenvalue weighted by Gasteiger charge is 2.06. The molecular weight excluding hydrogens is 513 g/mol. The minimum Gasteiger partial charge on any atom is -0.197 e. The number of hydrogen-bond donors (Lipinski definition) is 0. The van der Waals surface area contributed by atoms with Crippen LogP contribution in [0.25, 0.3) is 65.3 Å². The van der Waals surface area contributed by atoms with E-state index in [9.17, 15) is 0 Å². The summed E-state index contributed by atoms with van der Waals surface area (Å²) < 4.78 is 0. The van der Waals surface area contributed by atoms with Crippen LogP contribution < -0.4 is 0 Å². The van der Waals surface area contributed by atoms with Gasteiger partial charge in [-0.15, -0.1) is 0 Å². The van der Waals surface area contributed by atoms with Gasteiger partial charge in [0.15, 0.2) is 0 Å². The quantitative estimate of drug-likeness (QED) is 0.191. The predicted molar refractivity (Wildman–Crippen MR) is 184 cm³/mol. The fourth-order valence-electron chi connectivity index (χ4n) is 5.67. The smallest absolute Gasteiger partial charge is 0.00990 e. The van der Waals surface area contributed by atoms with Crippen molar-refractivity contribution in [3.63, 3.8) is 0 Å². The third kappa shape index (κ3) is 5.33. The summed E-state index contributed by atoms with van der Waals surface area (Å²) in [4.78, 5) is 0. The molecule has 0 aliphatic heterocycles. The second kappa shape index (κ2) is 11.7. The van der Waals surface area contributed by atoms with Gasteiger partial charge in [0.05, 0.1) is 0 Å². The van der Waals surface area contributed by atoms with Crippen molar-refractivity contribution >= 4 is 56.6 Å². The Hall–Kier alpha value is -4.85. The summed E-state index contributed by atoms with van der Waals surface area (Å²) in [7, 11) is 0. The van der Waals surface area contributed by atoms with E-state index in [-0.39, 0.29) is 13.5 Å². The van der Waals surface area contributed by atoms with Crippen molar-refractivity contribution in [2.45, 2.75) is 0 Å². The second-order valence-electron chi connectivity index (χ2n) is 10.2. The lowest BCUT2D eigenvalue weighted by atomic mass is 9.96. The van der Waals surface area contributed by atoms with Gasteiger partial charge in [-0.1, -0.05) is 146 Å². The van der Waals surface area contributed by atoms with E-state index < -0.39 is 0 Å². The Balaban J connectivity index is 0.000000144. The lowest BCUT2D eigenvalue weighted by Crippen LogP contribution is -1.82. The van der Waals surface area contributed by atoms with Crippen LogP contribution in [0.2, 0.25) is 0 Å². The molecule has 8 aromatic rings. The van der Waals surface area contributed by atoms with Crippen LogP contribution in [-0.4, -0.2) is 0 Å². The zero-order valence-corrected chi connectivity index (χ0v) is 23.7. The molecule has 41 heavy (non-hydrogen) atoms. The molecule has 0 bridgehead atoms. The molecule has 0 aliphatic rings. The highest BCUT2D eigenvalue weighted by Crippen LogP contribution is 2.33. The molecule has 0 N–H and O–H groups in total. The van der Waals surface area contributed by atoms with E-state index in [1.807, 2.05) is 0 Å². The van der Waals surface area contributed by atoms with Gasteiger partial charge >= 0.3 is 0 Å². The van der Waals surface area contributed by atoms with Crippen LogP contribution >= 0.6 is 13.5 Å². The molecule has 0 fully saturated rings. The molecule has 0 nitrogen and oxygen atoms in total. The number of fused-ring (bicyclic) bond motifs is 4. The third-order valence-electron chi connectivity index (χ3n) is 7.66. The number of benzene rings is 8. The topological polar surface area (TPSA) is 0 Å². The molecular formula is C40H30S. The first-order valence-electron chi connectivity index (χ1n) is 13.8. The van der Waals surface area contributed by atoms with E-state index >= 15 is 0 Å². The minimum atomic E-state index is 0. The number of hydrogen-bond acceptors (Lipinski definition) is 0. The lowest BCUT2D eigenvalue weighted by molar-refractivity contribution is 1.66. The minimum absolute atomic E-state index is 0. The summed E-state index contributed by atoms with van der Waals surface area (Å²) in [6.07, 6.45) is 0. The molecule has 0 spiro atoms. The molecule has 0 amide bonds. The first kappa shape index (κ1) is 26.4. The first-order valence-corrected chi connectivity index (χ1v) is 13.8. The molecule has 0 unspecified atom stereocenters. The first-order chi connectivity index (χ1) is 19.8. The van der Waals surface area contributed by atoms with Crippen LogP contribution in [0.4, 0.5) is 0 Å². The normalized spacial score (nSPS) is 10.7. The summed E-state index contributed by atoms with van der Waals surface area (Å²) in [6.45, 7) is 0. The van der Waals surface area contributed by atoms with Gasteiger partial charge in [0, 0.05) is 0 Å². The fourth-order valence-corrected chi connectivity index (χ4v) is 5.67. The largest absolute Gasteiger partial charge is 0.197 e. The van der Waals surface area contributed by atoms with E-state index in [4.69, 9.17) is 0 Å². The van der Waals surface area contributed by atoms with Crippen molar-refractivity contribution in [3.8, 4) is 22.3 Å². The molecule has 8 aromatic carbocycles. The summed E-state index contributed by atoms with van der Waals surface area (Å²) >= 11 is 0. The molecule has 0 atom stereocenters. The molecule has 196 valence electrons. The lowest BCUT2D eigenvalue weighted by Gasteiger charge is -2.08. The van der Waals surface area contributed by atoms with Crippen molar-refractivity contribution in [1.29, 1.82) is 0 Å². The molecule has 0 saturated carbocycles. The Labute approximate surface area is 248 Å². The molecule has 0 aliphatic carbocycles. The van der Waals surface area contributed by atoms with E-state index in [1.165, 1.54) is 65.3 Å². The molecule has 0 heterocycles. The van der Waals surface area contributed by atoms with Gasteiger partial charge in [0.1, 0.15) is 0 Å². The van der Waals surface area contributed by atoms with Gasteiger partial charge in [-0.3, -0.25) is 0 Å². The van der Waals surface area contributed by atoms with Crippen molar-refractivity contribution in [1.82, 2.24) is 0 Å². The van der Waals surface area contributed by atoms with E-state index in [1.54, 1.807) is 0 Å². The Morgan fingerprint density at radius 1 is 0.244 bits per heavy atom. The monoisotopic (exact) mass is 542 g/mol. The van der Waals surface area contributed by atoms with Crippen LogP contribution in [0.5, 0.6) is 0 Å². The van der Waals surface area contributed by atoms with Crippen molar-refractivity contribution in [3.05, 3.63) is 170 Å². The molecule has 0 radical (unpaired) electrons. The van der Waals surface area contributed by atoms with Crippen LogP contribution in [0.3, 0.4) is 0 Å². The Bertz CT molecular complexity index is 1940. The maximum atomic E-state index is 2.30. The molecule has 0 aromatic heterocycles. The average Bonchev–Trinajstić information content (AvgIpc) is 3.03. The highest BCUT2D eigenvalue weighted by molar-refractivity contribution is 7.59. The van der Waals surface area contributed by atoms with Gasteiger partial charge in [-0.25, -0.2) is 0 Å². The summed E-state index contributed by atoms with van der Waals surface area (Å²) in [5.74, 6) is 0. The Kier molecular flexibility index (Phi) is 7.54. The third-order valence-corrected chi connectivity index (χ3v) is 7.66. The molecule has 0 saturated heterocycles. The summed E-state index contributed by atoms with van der Waals surface area (Å²) in [5, 5.41) is 10.4. The van der Waals surface area contributed by atoms with Crippen LogP contribution in [0.15, 0.2) is 170 Å². The van der Waals surface area contributed by atoms with Gasteiger partial charge in [-0.2, -0.15) is 13.5 Å². The molecule has 1 heteroatoms. The Morgan fingerprint density at radius 2 is 0.561 bits per heavy atom. The average molecular weight is 543 g/mol. The fraction of sp³-hybridized carbons (Fsp3) is 0. The zero-order valence-electron chi connectivity index (χ0n) is 22.7. The van der Waals surface area contributed by atoms with Gasteiger partial charge in [0.2, 0.25) is 0 Å². The SMILES string of the molecule is S.c1ccc(-c2cccc3cc4ccccc4cc23)cc1.c1ccc(-c2cccc3cc4ccccc4cc23)cc1. The van der Waals surface area contributed by atoms with Crippen LogP contribution in [0, 0.1) is 0 Å². The van der Waals surface area contributed by atoms with Gasteiger partial charge in [-0.05, 0) is 89.6 Å². The highest BCUT2D eigenvalue weighted by atomic mass is 32.1. The summed E-state index contributed by atoms with van der Waals surface area (Å²) in [6, 6.07) is 60.4. The van der Waals surface area contributed by atoms with E-state index in [0.717, 1.165) is 0 Å². The van der Waals surface area contributed by atoms with E-state index in [2.05, 4.69) is 170 Å². The van der Waals surface area contributed by atoms with Gasteiger partial charge in [0.25, 0.3) is 0 Å². The standard InChI is InChI=1S/2C20H14.H2S/c2*1-2-7-15(8-3-1)19-12-6-11-18-13-16-9-4-5-10-17(16)14-20(18)19;/h2*1-14H;1H2. The number of rotatable bonds is 2. The zero-order chi connectivity index (χ0) is 26.7. The van der Waals surface area contributed by atoms with Crippen LogP contribution in [-0.2, 0) is 0 Å². The maximum absolute atomic E-state index is 2.30. The van der Waals surface area contributed by atoms with Crippen molar-refractivity contribution in [2.75, 3.05) is 0 Å².